The molecule has 2 fully saturated rings. The Morgan fingerprint density at radius 1 is 1.15 bits per heavy atom. The summed E-state index contributed by atoms with van der Waals surface area (Å²) in [6, 6.07) is 3.96. The number of anilines is 1. The third-order valence-electron chi connectivity index (χ3n) is 4.09. The first-order chi connectivity index (χ1) is 9.74. The van der Waals surface area contributed by atoms with E-state index in [-0.39, 0.29) is 17.7 Å². The van der Waals surface area contributed by atoms with Gasteiger partial charge in [0.25, 0.3) is 0 Å². The minimum absolute atomic E-state index is 0.184. The number of rotatable bonds is 2. The first kappa shape index (κ1) is 13.1. The predicted molar refractivity (Wildman–Crippen MR) is 75.4 cm³/mol. The molecule has 2 saturated heterocycles. The van der Waals surface area contributed by atoms with Crippen LogP contribution in [0.5, 0.6) is 0 Å². The number of hydrogen-bond donors (Lipinski definition) is 1. The summed E-state index contributed by atoms with van der Waals surface area (Å²) in [6.45, 7) is 2.17. The Morgan fingerprint density at radius 2 is 1.95 bits per heavy atom. The molecule has 0 aliphatic carbocycles. The molecule has 1 aromatic heterocycles. The van der Waals surface area contributed by atoms with Gasteiger partial charge in [0, 0.05) is 19.5 Å². The smallest absolute Gasteiger partial charge is 0.235 e. The normalized spacial score (nSPS) is 23.6. The predicted octanol–water partition coefficient (Wildman–Crippen LogP) is 1.59. The summed E-state index contributed by atoms with van der Waals surface area (Å²) in [5, 5.41) is 2.38. The van der Waals surface area contributed by atoms with E-state index < -0.39 is 0 Å². The minimum atomic E-state index is -0.289. The average Bonchev–Trinajstić information content (AvgIpc) is 2.48. The number of aromatic nitrogens is 1. The molecule has 0 aromatic carbocycles. The molecular weight excluding hydrogens is 254 g/mol. The molecule has 5 nitrogen and oxygen atoms in total. The number of carbonyl (C=O) groups is 2. The standard InChI is InChI=1S/C15H19N3O2/c19-14-7-5-12(15(20)17-14)13-6-4-11(10-16-13)18-8-2-1-3-9-18/h4,6,10,12H,1-3,5,7-9H2,(H,17,19,20)/t12-/m1/s1. The van der Waals surface area contributed by atoms with Crippen LogP contribution in [0.2, 0.25) is 0 Å². The highest BCUT2D eigenvalue weighted by Crippen LogP contribution is 2.25. The molecule has 1 atom stereocenters. The SMILES string of the molecule is O=C1CC[C@H](c2ccc(N3CCCCC3)cn2)C(=O)N1. The van der Waals surface area contributed by atoms with E-state index >= 15 is 0 Å². The molecule has 106 valence electrons. The lowest BCUT2D eigenvalue weighted by Crippen LogP contribution is -2.39. The van der Waals surface area contributed by atoms with Crippen LogP contribution in [-0.2, 0) is 9.59 Å². The van der Waals surface area contributed by atoms with Crippen LogP contribution in [0.15, 0.2) is 18.3 Å². The van der Waals surface area contributed by atoms with Crippen molar-refractivity contribution in [3.05, 3.63) is 24.0 Å². The molecule has 0 saturated carbocycles. The molecule has 1 aromatic rings. The second-order valence-electron chi connectivity index (χ2n) is 5.49. The van der Waals surface area contributed by atoms with Crippen molar-refractivity contribution in [2.75, 3.05) is 18.0 Å². The maximum atomic E-state index is 11.8. The highest BCUT2D eigenvalue weighted by Gasteiger charge is 2.28. The molecule has 1 N–H and O–H groups in total. The number of amides is 2. The fourth-order valence-corrected chi connectivity index (χ4v) is 2.92. The first-order valence-corrected chi connectivity index (χ1v) is 7.28. The number of hydrogen-bond acceptors (Lipinski definition) is 4. The van der Waals surface area contributed by atoms with Crippen LogP contribution in [-0.4, -0.2) is 29.9 Å². The van der Waals surface area contributed by atoms with Crippen molar-refractivity contribution in [2.24, 2.45) is 0 Å². The minimum Gasteiger partial charge on any atom is -0.370 e. The van der Waals surface area contributed by atoms with Gasteiger partial charge in [0.15, 0.2) is 0 Å². The van der Waals surface area contributed by atoms with E-state index in [0.29, 0.717) is 12.8 Å². The number of piperidine rings is 2. The van der Waals surface area contributed by atoms with Gasteiger partial charge in [-0.25, -0.2) is 0 Å². The highest BCUT2D eigenvalue weighted by atomic mass is 16.2. The van der Waals surface area contributed by atoms with Crippen LogP contribution in [0, 0.1) is 0 Å². The largest absolute Gasteiger partial charge is 0.370 e. The highest BCUT2D eigenvalue weighted by molar-refractivity contribution is 6.00. The van der Waals surface area contributed by atoms with Crippen molar-refractivity contribution in [1.29, 1.82) is 0 Å². The third kappa shape index (κ3) is 2.66. The van der Waals surface area contributed by atoms with Crippen molar-refractivity contribution in [3.63, 3.8) is 0 Å². The Balaban J connectivity index is 1.72. The lowest BCUT2D eigenvalue weighted by atomic mass is 9.94. The summed E-state index contributed by atoms with van der Waals surface area (Å²) < 4.78 is 0. The van der Waals surface area contributed by atoms with Gasteiger partial charge < -0.3 is 4.90 Å². The molecule has 0 spiro atoms. The maximum absolute atomic E-state index is 11.8. The molecule has 3 heterocycles. The van der Waals surface area contributed by atoms with Crippen molar-refractivity contribution in [2.45, 2.75) is 38.0 Å². The van der Waals surface area contributed by atoms with Crippen molar-refractivity contribution >= 4 is 17.5 Å². The van der Waals surface area contributed by atoms with Gasteiger partial charge in [-0.3, -0.25) is 19.9 Å². The second-order valence-corrected chi connectivity index (χ2v) is 5.49. The summed E-state index contributed by atoms with van der Waals surface area (Å²) in [5.41, 5.74) is 1.89. The van der Waals surface area contributed by atoms with E-state index in [1.165, 1.54) is 19.3 Å². The van der Waals surface area contributed by atoms with Crippen LogP contribution < -0.4 is 10.2 Å². The zero-order chi connectivity index (χ0) is 13.9. The monoisotopic (exact) mass is 273 g/mol. The van der Waals surface area contributed by atoms with Crippen LogP contribution in [0.3, 0.4) is 0 Å². The Morgan fingerprint density at radius 3 is 2.60 bits per heavy atom. The molecule has 0 radical (unpaired) electrons. The Hall–Kier alpha value is -1.91. The summed E-state index contributed by atoms with van der Waals surface area (Å²) in [7, 11) is 0. The van der Waals surface area contributed by atoms with Gasteiger partial charge in [-0.15, -0.1) is 0 Å². The lowest BCUT2D eigenvalue weighted by Gasteiger charge is -2.29. The second kappa shape index (κ2) is 5.61. The van der Waals surface area contributed by atoms with Gasteiger partial charge in [0.2, 0.25) is 11.8 Å². The van der Waals surface area contributed by atoms with E-state index in [2.05, 4.69) is 15.2 Å². The van der Waals surface area contributed by atoms with E-state index in [1.54, 1.807) is 0 Å². The summed E-state index contributed by atoms with van der Waals surface area (Å²) in [6.07, 6.45) is 6.57. The molecular formula is C15H19N3O2. The number of carbonyl (C=O) groups excluding carboxylic acids is 2. The number of imide groups is 1. The van der Waals surface area contributed by atoms with E-state index in [1.807, 2.05) is 18.3 Å². The van der Waals surface area contributed by atoms with Gasteiger partial charge in [-0.2, -0.15) is 0 Å². The Labute approximate surface area is 118 Å². The number of pyridine rings is 1. The molecule has 3 rings (SSSR count). The van der Waals surface area contributed by atoms with Crippen LogP contribution in [0.25, 0.3) is 0 Å². The van der Waals surface area contributed by atoms with E-state index in [9.17, 15) is 9.59 Å². The molecule has 0 bridgehead atoms. The average molecular weight is 273 g/mol. The molecule has 0 unspecified atom stereocenters. The van der Waals surface area contributed by atoms with Gasteiger partial charge >= 0.3 is 0 Å². The summed E-state index contributed by atoms with van der Waals surface area (Å²) >= 11 is 0. The Bertz CT molecular complexity index is 506. The molecule has 20 heavy (non-hydrogen) atoms. The summed E-state index contributed by atoms with van der Waals surface area (Å²) in [5.74, 6) is -0.696. The van der Waals surface area contributed by atoms with Gasteiger partial charge in [0.1, 0.15) is 0 Å². The molecule has 5 heteroatoms. The summed E-state index contributed by atoms with van der Waals surface area (Å²) in [4.78, 5) is 29.7. The maximum Gasteiger partial charge on any atom is 0.235 e. The zero-order valence-corrected chi connectivity index (χ0v) is 11.5. The molecule has 2 aliphatic rings. The quantitative estimate of drug-likeness (QED) is 0.831. The Kier molecular flexibility index (Phi) is 3.67. The molecule has 2 aliphatic heterocycles. The van der Waals surface area contributed by atoms with Gasteiger partial charge in [0.05, 0.1) is 23.5 Å². The number of nitrogens with zero attached hydrogens (tertiary/aromatic N) is 2. The molecule has 2 amide bonds. The van der Waals surface area contributed by atoms with E-state index in [0.717, 1.165) is 24.5 Å². The van der Waals surface area contributed by atoms with E-state index in [4.69, 9.17) is 0 Å². The number of nitrogens with one attached hydrogen (secondary N) is 1. The third-order valence-corrected chi connectivity index (χ3v) is 4.09. The van der Waals surface area contributed by atoms with Gasteiger partial charge in [-0.1, -0.05) is 0 Å². The zero-order valence-electron chi connectivity index (χ0n) is 11.5. The van der Waals surface area contributed by atoms with Crippen LogP contribution in [0.1, 0.15) is 43.7 Å². The van der Waals surface area contributed by atoms with Crippen molar-refractivity contribution in [1.82, 2.24) is 10.3 Å². The fourth-order valence-electron chi connectivity index (χ4n) is 2.92. The lowest BCUT2D eigenvalue weighted by molar-refractivity contribution is -0.134. The van der Waals surface area contributed by atoms with Crippen LogP contribution >= 0.6 is 0 Å². The van der Waals surface area contributed by atoms with Crippen molar-refractivity contribution in [3.8, 4) is 0 Å². The topological polar surface area (TPSA) is 62.3 Å². The van der Waals surface area contributed by atoms with Crippen molar-refractivity contribution < 1.29 is 9.59 Å². The van der Waals surface area contributed by atoms with Gasteiger partial charge in [-0.05, 0) is 37.8 Å². The fraction of sp³-hybridized carbons (Fsp3) is 0.533. The van der Waals surface area contributed by atoms with Crippen LogP contribution in [0.4, 0.5) is 5.69 Å². The first-order valence-electron chi connectivity index (χ1n) is 7.28.